The highest BCUT2D eigenvalue weighted by atomic mass is 32.2. The highest BCUT2D eigenvalue weighted by molar-refractivity contribution is 7.92. The lowest BCUT2D eigenvalue weighted by Gasteiger charge is -2.46. The van der Waals surface area contributed by atoms with Gasteiger partial charge < -0.3 is 16.4 Å². The summed E-state index contributed by atoms with van der Waals surface area (Å²) in [5.41, 5.74) is 13.3. The molecule has 3 aliphatic rings. The maximum atomic E-state index is 13.3. The van der Waals surface area contributed by atoms with Crippen molar-refractivity contribution in [1.82, 2.24) is 0 Å². The molecule has 2 heterocycles. The molecule has 0 aromatic heterocycles. The second kappa shape index (κ2) is 8.33. The van der Waals surface area contributed by atoms with E-state index in [2.05, 4.69) is 9.89 Å². The molecule has 8 nitrogen and oxygen atoms in total. The van der Waals surface area contributed by atoms with Crippen molar-refractivity contribution in [2.24, 2.45) is 21.5 Å². The Morgan fingerprint density at radius 2 is 1.65 bits per heavy atom. The Kier molecular flexibility index (Phi) is 5.89. The molecule has 1 aromatic rings. The van der Waals surface area contributed by atoms with Gasteiger partial charge in [-0.15, -0.1) is 0 Å². The van der Waals surface area contributed by atoms with Crippen molar-refractivity contribution in [2.75, 3.05) is 22.9 Å². The van der Waals surface area contributed by atoms with Gasteiger partial charge in [-0.3, -0.25) is 4.90 Å². The molecule has 2 fully saturated rings. The lowest BCUT2D eigenvalue weighted by atomic mass is 9.87. The Balaban J connectivity index is 1.90. The first-order chi connectivity index (χ1) is 14.7. The predicted octanol–water partition coefficient (Wildman–Crippen LogP) is 2.97. The van der Waals surface area contributed by atoms with Gasteiger partial charge in [0.1, 0.15) is 5.66 Å². The maximum Gasteiger partial charge on any atom is 0.220 e. The van der Waals surface area contributed by atoms with Gasteiger partial charge in [0.15, 0.2) is 9.84 Å². The number of nitrogens with zero attached hydrogens (tertiary/aromatic N) is 4. The standard InChI is InChI=1S/C22H34N6O2S/c1-16(2)31(29,30)19-10-9-17(27-13-7-4-8-14-27)15-18(19)28-21(24)25-20(23)26-22(28)11-5-3-6-12-22/h9-10,15-16H,3-8,11-14H2,1-2H3,(H4,23,24,25,26). The van der Waals surface area contributed by atoms with Crippen LogP contribution in [0.5, 0.6) is 0 Å². The molecule has 1 saturated heterocycles. The number of piperidine rings is 1. The summed E-state index contributed by atoms with van der Waals surface area (Å²) in [6.07, 6.45) is 8.12. The summed E-state index contributed by atoms with van der Waals surface area (Å²) in [7, 11) is -3.55. The highest BCUT2D eigenvalue weighted by Gasteiger charge is 2.44. The summed E-state index contributed by atoms with van der Waals surface area (Å²) in [6.45, 7) is 5.35. The van der Waals surface area contributed by atoms with Crippen LogP contribution in [0.1, 0.15) is 65.2 Å². The third-order valence-corrected chi connectivity index (χ3v) is 8.88. The number of rotatable bonds is 4. The van der Waals surface area contributed by atoms with E-state index in [4.69, 9.17) is 16.5 Å². The Labute approximate surface area is 185 Å². The van der Waals surface area contributed by atoms with Crippen LogP contribution in [0.2, 0.25) is 0 Å². The van der Waals surface area contributed by atoms with E-state index in [1.165, 1.54) is 6.42 Å². The lowest BCUT2D eigenvalue weighted by molar-refractivity contribution is 0.305. The minimum atomic E-state index is -3.55. The van der Waals surface area contributed by atoms with Crippen molar-refractivity contribution in [3.05, 3.63) is 18.2 Å². The van der Waals surface area contributed by atoms with E-state index in [0.29, 0.717) is 5.69 Å². The second-order valence-corrected chi connectivity index (χ2v) is 11.6. The largest absolute Gasteiger partial charge is 0.371 e. The van der Waals surface area contributed by atoms with E-state index in [1.807, 2.05) is 17.0 Å². The second-order valence-electron chi connectivity index (χ2n) is 9.11. The number of hydrogen-bond acceptors (Lipinski definition) is 8. The third-order valence-electron chi connectivity index (χ3n) is 6.68. The molecule has 1 aromatic carbocycles. The fourth-order valence-electron chi connectivity index (χ4n) is 4.99. The average molecular weight is 447 g/mol. The van der Waals surface area contributed by atoms with Crippen LogP contribution >= 0.6 is 0 Å². The summed E-state index contributed by atoms with van der Waals surface area (Å²) in [5.74, 6) is 0.376. The zero-order valence-corrected chi connectivity index (χ0v) is 19.4. The molecule has 170 valence electrons. The number of sulfone groups is 1. The van der Waals surface area contributed by atoms with Crippen LogP contribution in [0.15, 0.2) is 33.1 Å². The topological polar surface area (TPSA) is 117 Å². The van der Waals surface area contributed by atoms with Crippen molar-refractivity contribution in [3.8, 4) is 0 Å². The number of benzene rings is 1. The van der Waals surface area contributed by atoms with E-state index in [-0.39, 0.29) is 16.8 Å². The molecule has 1 aliphatic carbocycles. The van der Waals surface area contributed by atoms with Gasteiger partial charge in [0.25, 0.3) is 0 Å². The van der Waals surface area contributed by atoms with Crippen molar-refractivity contribution < 1.29 is 8.42 Å². The predicted molar refractivity (Wildman–Crippen MR) is 126 cm³/mol. The fourth-order valence-corrected chi connectivity index (χ4v) is 6.20. The summed E-state index contributed by atoms with van der Waals surface area (Å²) in [5, 5.41) is -0.550. The summed E-state index contributed by atoms with van der Waals surface area (Å²) in [4.78, 5) is 13.4. The number of anilines is 2. The van der Waals surface area contributed by atoms with E-state index < -0.39 is 20.8 Å². The van der Waals surface area contributed by atoms with Gasteiger partial charge in [-0.2, -0.15) is 4.99 Å². The van der Waals surface area contributed by atoms with Crippen LogP contribution in [0.4, 0.5) is 11.4 Å². The molecule has 0 radical (unpaired) electrons. The lowest BCUT2D eigenvalue weighted by Crippen LogP contribution is -2.58. The number of aliphatic imine (C=N–C) groups is 2. The van der Waals surface area contributed by atoms with E-state index in [0.717, 1.165) is 63.7 Å². The normalized spacial score (nSPS) is 21.9. The molecule has 0 unspecified atom stereocenters. The van der Waals surface area contributed by atoms with Gasteiger partial charge in [0.2, 0.25) is 11.9 Å². The van der Waals surface area contributed by atoms with E-state index in [1.54, 1.807) is 19.9 Å². The van der Waals surface area contributed by atoms with Crippen LogP contribution in [-0.4, -0.2) is 44.3 Å². The van der Waals surface area contributed by atoms with Crippen LogP contribution in [0.25, 0.3) is 0 Å². The Morgan fingerprint density at radius 1 is 1.00 bits per heavy atom. The van der Waals surface area contributed by atoms with E-state index >= 15 is 0 Å². The molecule has 0 amide bonds. The zero-order chi connectivity index (χ0) is 22.2. The molecule has 2 aliphatic heterocycles. The van der Waals surface area contributed by atoms with Gasteiger partial charge >= 0.3 is 0 Å². The minimum absolute atomic E-state index is 0.163. The smallest absolute Gasteiger partial charge is 0.220 e. The summed E-state index contributed by atoms with van der Waals surface area (Å²) in [6, 6.07) is 5.63. The SMILES string of the molecule is CC(C)S(=O)(=O)c1ccc(N2CCCCC2)cc1N1C(N)=NC(N)=NC12CCCCC2. The van der Waals surface area contributed by atoms with Crippen molar-refractivity contribution >= 4 is 33.1 Å². The monoisotopic (exact) mass is 446 g/mol. The number of nitrogens with two attached hydrogens (primary N) is 2. The van der Waals surface area contributed by atoms with Crippen molar-refractivity contribution in [3.63, 3.8) is 0 Å². The molecule has 0 bridgehead atoms. The first-order valence-corrected chi connectivity index (χ1v) is 12.9. The highest BCUT2D eigenvalue weighted by Crippen LogP contribution is 2.43. The number of guanidine groups is 2. The van der Waals surface area contributed by atoms with Gasteiger partial charge in [-0.05, 0) is 77.0 Å². The first-order valence-electron chi connectivity index (χ1n) is 11.4. The molecular formula is C22H34N6O2S. The minimum Gasteiger partial charge on any atom is -0.371 e. The quantitative estimate of drug-likeness (QED) is 0.734. The molecule has 1 spiro atoms. The summed E-state index contributed by atoms with van der Waals surface area (Å²) < 4.78 is 26.7. The molecular weight excluding hydrogens is 412 g/mol. The molecule has 4 rings (SSSR count). The first kappa shape index (κ1) is 21.9. The zero-order valence-electron chi connectivity index (χ0n) is 18.5. The van der Waals surface area contributed by atoms with Gasteiger partial charge in [-0.1, -0.05) is 6.42 Å². The van der Waals surface area contributed by atoms with Crippen molar-refractivity contribution in [1.29, 1.82) is 0 Å². The van der Waals surface area contributed by atoms with E-state index in [9.17, 15) is 8.42 Å². The van der Waals surface area contributed by atoms with Gasteiger partial charge in [-0.25, -0.2) is 13.4 Å². The van der Waals surface area contributed by atoms with Crippen LogP contribution in [0, 0.1) is 0 Å². The fraction of sp³-hybridized carbons (Fsp3) is 0.636. The third kappa shape index (κ3) is 4.00. The Hall–Kier alpha value is -2.29. The van der Waals surface area contributed by atoms with Crippen LogP contribution in [0.3, 0.4) is 0 Å². The van der Waals surface area contributed by atoms with Gasteiger partial charge in [0.05, 0.1) is 15.8 Å². The summed E-state index contributed by atoms with van der Waals surface area (Å²) >= 11 is 0. The molecule has 1 saturated carbocycles. The average Bonchev–Trinajstić information content (AvgIpc) is 2.74. The Bertz CT molecular complexity index is 989. The molecule has 0 atom stereocenters. The van der Waals surface area contributed by atoms with Crippen LogP contribution < -0.4 is 21.3 Å². The maximum absolute atomic E-state index is 13.3. The molecule has 31 heavy (non-hydrogen) atoms. The van der Waals surface area contributed by atoms with Crippen molar-refractivity contribution in [2.45, 2.75) is 81.0 Å². The molecule has 9 heteroatoms. The Morgan fingerprint density at radius 3 is 2.29 bits per heavy atom. The molecule has 4 N–H and O–H groups in total. The van der Waals surface area contributed by atoms with Gasteiger partial charge in [0, 0.05) is 18.8 Å². The number of hydrogen-bond donors (Lipinski definition) is 2. The van der Waals surface area contributed by atoms with Crippen LogP contribution in [-0.2, 0) is 9.84 Å².